The molecule has 1 aliphatic rings. The van der Waals surface area contributed by atoms with Crippen LogP contribution in [0.2, 0.25) is 0 Å². The first-order chi connectivity index (χ1) is 20.1. The van der Waals surface area contributed by atoms with Crippen LogP contribution >= 0.6 is 0 Å². The molecule has 0 spiro atoms. The zero-order valence-electron chi connectivity index (χ0n) is 28.1. The fraction of sp³-hybridized carbons (Fsp3) is 0.400. The molecule has 0 fully saturated rings. The molecule has 0 saturated heterocycles. The van der Waals surface area contributed by atoms with Gasteiger partial charge in [0, 0.05) is 45.2 Å². The Balaban J connectivity index is 0.000000324. The van der Waals surface area contributed by atoms with E-state index in [0.29, 0.717) is 24.7 Å². The number of aliphatic hydroxyl groups is 1. The van der Waals surface area contributed by atoms with Crippen molar-refractivity contribution in [1.29, 1.82) is 0 Å². The third-order valence-electron chi connectivity index (χ3n) is 7.84. The van der Waals surface area contributed by atoms with Gasteiger partial charge >= 0.3 is 0 Å². The number of aliphatic hydroxyl groups excluding tert-OH is 1. The number of benzene rings is 3. The number of aromatic nitrogens is 1. The number of hydrogen-bond acceptors (Lipinski definition) is 3. The summed E-state index contributed by atoms with van der Waals surface area (Å²) in [4.78, 5) is 16.1. The molecule has 0 saturated carbocycles. The Morgan fingerprint density at radius 2 is 1.45 bits per heavy atom. The van der Waals surface area contributed by atoms with E-state index in [-0.39, 0.29) is 42.5 Å². The van der Waals surface area contributed by atoms with E-state index in [1.54, 1.807) is 0 Å². The van der Waals surface area contributed by atoms with Gasteiger partial charge in [0.2, 0.25) is 0 Å². The van der Waals surface area contributed by atoms with Gasteiger partial charge in [0.05, 0.1) is 5.76 Å². The van der Waals surface area contributed by atoms with E-state index in [9.17, 15) is 9.90 Å². The summed E-state index contributed by atoms with van der Waals surface area (Å²) in [5, 5.41) is 11.8. The van der Waals surface area contributed by atoms with E-state index >= 15 is 0 Å². The van der Waals surface area contributed by atoms with Crippen LogP contribution in [0.25, 0.3) is 44.3 Å². The number of hydrogen-bond donors (Lipinski definition) is 1. The Labute approximate surface area is 278 Å². The van der Waals surface area contributed by atoms with E-state index in [1.165, 1.54) is 50.2 Å². The number of carbonyl (C=O) groups excluding carboxylic acids is 1. The van der Waals surface area contributed by atoms with Crippen LogP contribution in [0.15, 0.2) is 72.6 Å². The van der Waals surface area contributed by atoms with Crippen LogP contribution in [0.3, 0.4) is 0 Å². The number of pyridine rings is 1. The van der Waals surface area contributed by atoms with Gasteiger partial charge < -0.3 is 10.1 Å². The molecular weight excluding hydrogens is 719 g/mol. The second kappa shape index (κ2) is 13.9. The SMILES string of the molecule is CC(C)(C)c1ccc2c(c1)-c1ccc[c-]c1-c1nccc3cc(C(C)(C)C)cc-2c13.CC(C)CC(=O)/C=C(\O)CC(C)C.[Ir]. The summed E-state index contributed by atoms with van der Waals surface area (Å²) in [7, 11) is 0. The maximum atomic E-state index is 11.2. The molecule has 5 rings (SSSR count). The molecule has 0 bridgehead atoms. The van der Waals surface area contributed by atoms with Crippen LogP contribution < -0.4 is 0 Å². The van der Waals surface area contributed by atoms with Crippen molar-refractivity contribution in [3.8, 4) is 33.5 Å². The summed E-state index contributed by atoms with van der Waals surface area (Å²) in [5.74, 6) is 0.979. The number of rotatable bonds is 5. The van der Waals surface area contributed by atoms with Gasteiger partial charge in [-0.05, 0) is 67.5 Å². The summed E-state index contributed by atoms with van der Waals surface area (Å²) in [5.41, 5.74) is 10.0. The molecule has 3 aromatic carbocycles. The number of fused-ring (bicyclic) bond motifs is 5. The Bertz CT molecular complexity index is 1670. The van der Waals surface area contributed by atoms with E-state index in [1.807, 2.05) is 40.0 Å². The van der Waals surface area contributed by atoms with Crippen molar-refractivity contribution in [2.75, 3.05) is 0 Å². The van der Waals surface area contributed by atoms with Crippen LogP contribution in [0.1, 0.15) is 93.2 Å². The van der Waals surface area contributed by atoms with Gasteiger partial charge in [0.25, 0.3) is 0 Å². The van der Waals surface area contributed by atoms with Crippen molar-refractivity contribution in [2.45, 2.75) is 92.9 Å². The van der Waals surface area contributed by atoms with Crippen molar-refractivity contribution < 1.29 is 30.0 Å². The minimum Gasteiger partial charge on any atom is -0.512 e. The van der Waals surface area contributed by atoms with E-state index in [4.69, 9.17) is 4.98 Å². The topological polar surface area (TPSA) is 50.2 Å². The molecule has 1 aromatic heterocycles. The monoisotopic (exact) mass is 767 g/mol. The molecule has 0 unspecified atom stereocenters. The fourth-order valence-electron chi connectivity index (χ4n) is 5.60. The van der Waals surface area contributed by atoms with E-state index in [0.717, 1.165) is 11.3 Å². The average molecular weight is 767 g/mol. The summed E-state index contributed by atoms with van der Waals surface area (Å²) in [6.07, 6.45) is 4.40. The molecule has 1 radical (unpaired) electrons. The predicted molar refractivity (Wildman–Crippen MR) is 182 cm³/mol. The van der Waals surface area contributed by atoms with Gasteiger partial charge in [-0.3, -0.25) is 4.79 Å². The molecule has 0 amide bonds. The third-order valence-corrected chi connectivity index (χ3v) is 7.84. The maximum absolute atomic E-state index is 11.2. The number of ketones is 1. The van der Waals surface area contributed by atoms with Gasteiger partial charge in [0.1, 0.15) is 0 Å². The number of carbonyl (C=O) groups is 1. The van der Waals surface area contributed by atoms with Crippen LogP contribution in [0.5, 0.6) is 0 Å². The third kappa shape index (κ3) is 8.14. The molecule has 4 heteroatoms. The molecule has 235 valence electrons. The zero-order valence-corrected chi connectivity index (χ0v) is 30.5. The number of nitrogens with zero attached hydrogens (tertiary/aromatic N) is 1. The Hall–Kier alpha value is -3.07. The van der Waals surface area contributed by atoms with Crippen molar-refractivity contribution >= 4 is 16.6 Å². The first kappa shape index (κ1) is 35.4. The molecule has 1 heterocycles. The van der Waals surface area contributed by atoms with E-state index in [2.05, 4.69) is 96.1 Å². The van der Waals surface area contributed by atoms with Gasteiger partial charge in [-0.1, -0.05) is 111 Å². The second-order valence-electron chi connectivity index (χ2n) is 14.8. The first-order valence-electron chi connectivity index (χ1n) is 15.6. The number of allylic oxidation sites excluding steroid dienone is 2. The van der Waals surface area contributed by atoms with Crippen molar-refractivity contribution in [3.63, 3.8) is 0 Å². The zero-order chi connectivity index (χ0) is 31.7. The summed E-state index contributed by atoms with van der Waals surface area (Å²) in [6.45, 7) is 21.7. The molecule has 1 N–H and O–H groups in total. The van der Waals surface area contributed by atoms with Crippen LogP contribution in [-0.4, -0.2) is 15.9 Å². The minimum absolute atomic E-state index is 0. The van der Waals surface area contributed by atoms with Gasteiger partial charge in [0.15, 0.2) is 5.78 Å². The average Bonchev–Trinajstić information content (AvgIpc) is 3.01. The summed E-state index contributed by atoms with van der Waals surface area (Å²) < 4.78 is 0. The second-order valence-corrected chi connectivity index (χ2v) is 14.8. The van der Waals surface area contributed by atoms with Crippen LogP contribution in [0, 0.1) is 17.9 Å². The normalized spacial score (nSPS) is 12.6. The maximum Gasteiger partial charge on any atom is 0.159 e. The summed E-state index contributed by atoms with van der Waals surface area (Å²) in [6, 6.07) is 23.7. The molecule has 44 heavy (non-hydrogen) atoms. The predicted octanol–water partition coefficient (Wildman–Crippen LogP) is 11.0. The quantitative estimate of drug-likeness (QED) is 0.110. The Morgan fingerprint density at radius 3 is 2.07 bits per heavy atom. The summed E-state index contributed by atoms with van der Waals surface area (Å²) >= 11 is 0. The fourth-order valence-corrected chi connectivity index (χ4v) is 5.60. The van der Waals surface area contributed by atoms with Gasteiger partial charge in [-0.15, -0.1) is 29.8 Å². The molecular formula is C40H48IrNO2-. The van der Waals surface area contributed by atoms with Crippen LogP contribution in [-0.2, 0) is 35.7 Å². The van der Waals surface area contributed by atoms with Crippen molar-refractivity contribution in [3.05, 3.63) is 89.8 Å². The largest absolute Gasteiger partial charge is 0.512 e. The molecule has 4 aromatic rings. The standard InChI is InChI=1S/C29H28N.C11H20O2.Ir/c1-28(2,3)19-11-12-22-24(16-19)21-9-7-8-10-23(21)27-26-18(13-14-30-27)15-20(17-25(22)26)29(4,5)6;1-8(2)5-10(12)7-11(13)6-9(3)4;/h7-9,11-17H,1-6H3;7-9,12H,5-6H2,1-4H3;/q-1;;/b;10-7-;. The van der Waals surface area contributed by atoms with Crippen LogP contribution in [0.4, 0.5) is 0 Å². The molecule has 0 atom stereocenters. The smallest absolute Gasteiger partial charge is 0.159 e. The molecule has 1 aliphatic carbocycles. The molecule has 3 nitrogen and oxygen atoms in total. The van der Waals surface area contributed by atoms with Crippen molar-refractivity contribution in [2.24, 2.45) is 11.8 Å². The first-order valence-corrected chi connectivity index (χ1v) is 15.6. The minimum atomic E-state index is 0. The Kier molecular flexibility index (Phi) is 11.2. The van der Waals surface area contributed by atoms with Gasteiger partial charge in [-0.25, -0.2) is 0 Å². The van der Waals surface area contributed by atoms with Gasteiger partial charge in [-0.2, -0.15) is 0 Å². The Morgan fingerprint density at radius 1 is 0.818 bits per heavy atom. The molecule has 0 aliphatic heterocycles. The van der Waals surface area contributed by atoms with Crippen molar-refractivity contribution in [1.82, 2.24) is 4.98 Å². The van der Waals surface area contributed by atoms with E-state index < -0.39 is 0 Å².